The minimum Gasteiger partial charge on any atom is -0.348 e. The van der Waals surface area contributed by atoms with Crippen LogP contribution in [0.15, 0.2) is 36.4 Å². The van der Waals surface area contributed by atoms with Crippen LogP contribution >= 0.6 is 0 Å². The molecule has 0 heterocycles. The molecule has 0 fully saturated rings. The number of carbonyl (C=O) groups excluding carboxylic acids is 1. The molecule has 0 aromatic heterocycles. The van der Waals surface area contributed by atoms with Crippen molar-refractivity contribution in [3.63, 3.8) is 0 Å². The number of fused-ring (bicyclic) bond motifs is 1. The highest BCUT2D eigenvalue weighted by Crippen LogP contribution is 2.26. The van der Waals surface area contributed by atoms with Gasteiger partial charge >= 0.3 is 0 Å². The third kappa shape index (κ3) is 4.86. The minimum absolute atomic E-state index is 0.201. The molecule has 0 saturated heterocycles. The molecule has 0 bridgehead atoms. The molecule has 1 aliphatic carbocycles. The summed E-state index contributed by atoms with van der Waals surface area (Å²) >= 11 is 0. The highest BCUT2D eigenvalue weighted by molar-refractivity contribution is 7.92. The van der Waals surface area contributed by atoms with E-state index in [4.69, 9.17) is 0 Å². The van der Waals surface area contributed by atoms with Crippen LogP contribution < -0.4 is 9.62 Å². The van der Waals surface area contributed by atoms with Crippen molar-refractivity contribution >= 4 is 21.6 Å². The molecule has 6 heteroatoms. The van der Waals surface area contributed by atoms with E-state index in [2.05, 4.69) is 23.5 Å². The van der Waals surface area contributed by atoms with Gasteiger partial charge in [0.1, 0.15) is 6.04 Å². The van der Waals surface area contributed by atoms with Crippen LogP contribution in [0.4, 0.5) is 5.69 Å². The largest absolute Gasteiger partial charge is 0.348 e. The van der Waals surface area contributed by atoms with Crippen molar-refractivity contribution in [2.45, 2.75) is 65.5 Å². The lowest BCUT2D eigenvalue weighted by molar-refractivity contribution is -0.122. The maximum absolute atomic E-state index is 13.0. The average molecular weight is 429 g/mol. The Labute approximate surface area is 180 Å². The maximum Gasteiger partial charge on any atom is 0.244 e. The number of hydrogen-bond acceptors (Lipinski definition) is 3. The van der Waals surface area contributed by atoms with Crippen LogP contribution in [0.1, 0.15) is 60.5 Å². The first kappa shape index (κ1) is 22.3. The normalized spacial score (nSPS) is 15.8. The Bertz CT molecular complexity index is 1050. The Kier molecular flexibility index (Phi) is 6.56. The van der Waals surface area contributed by atoms with Crippen LogP contribution in [-0.4, -0.2) is 26.6 Å². The van der Waals surface area contributed by atoms with Crippen molar-refractivity contribution in [2.75, 3.05) is 10.6 Å². The van der Waals surface area contributed by atoms with Gasteiger partial charge in [0.2, 0.25) is 15.9 Å². The number of sulfonamides is 1. The van der Waals surface area contributed by atoms with E-state index in [0.717, 1.165) is 35.8 Å². The Morgan fingerprint density at radius 2 is 1.63 bits per heavy atom. The molecule has 3 rings (SSSR count). The minimum atomic E-state index is -3.63. The fraction of sp³-hybridized carbons (Fsp3) is 0.458. The summed E-state index contributed by atoms with van der Waals surface area (Å²) in [7, 11) is -3.63. The SMILES string of the molecule is Cc1ccc(N([C@@H](C)C(=O)N[C@H](C)c2ccc3c(c2)CCCC3)S(C)(=O)=O)cc1C. The highest BCUT2D eigenvalue weighted by Gasteiger charge is 2.30. The monoisotopic (exact) mass is 428 g/mol. The smallest absolute Gasteiger partial charge is 0.244 e. The molecular formula is C24H32N2O3S. The van der Waals surface area contributed by atoms with E-state index >= 15 is 0 Å². The van der Waals surface area contributed by atoms with E-state index in [1.807, 2.05) is 32.9 Å². The van der Waals surface area contributed by atoms with E-state index in [1.54, 1.807) is 13.0 Å². The van der Waals surface area contributed by atoms with Gasteiger partial charge in [0.25, 0.3) is 0 Å². The lowest BCUT2D eigenvalue weighted by Crippen LogP contribution is -2.48. The van der Waals surface area contributed by atoms with Gasteiger partial charge in [0.05, 0.1) is 18.0 Å². The lowest BCUT2D eigenvalue weighted by atomic mass is 9.89. The summed E-state index contributed by atoms with van der Waals surface area (Å²) in [5, 5.41) is 3.01. The standard InChI is InChI=1S/C24H32N2O3S/c1-16-10-13-23(14-17(16)2)26(30(5,28)29)19(4)24(27)25-18(3)21-12-11-20-8-6-7-9-22(20)15-21/h10-15,18-19H,6-9H2,1-5H3,(H,25,27)/t18-,19+/m1/s1. The molecule has 162 valence electrons. The molecule has 0 saturated carbocycles. The number of aryl methyl sites for hydroxylation is 4. The predicted molar refractivity (Wildman–Crippen MR) is 122 cm³/mol. The summed E-state index contributed by atoms with van der Waals surface area (Å²) in [6.07, 6.45) is 5.77. The predicted octanol–water partition coefficient (Wildman–Crippen LogP) is 4.21. The van der Waals surface area contributed by atoms with Crippen molar-refractivity contribution in [3.8, 4) is 0 Å². The fourth-order valence-electron chi connectivity index (χ4n) is 4.11. The second kappa shape index (κ2) is 8.80. The Morgan fingerprint density at radius 1 is 0.967 bits per heavy atom. The second-order valence-corrected chi connectivity index (χ2v) is 10.3. The summed E-state index contributed by atoms with van der Waals surface area (Å²) in [6, 6.07) is 10.8. The quantitative estimate of drug-likeness (QED) is 0.749. The van der Waals surface area contributed by atoms with Gasteiger partial charge in [0, 0.05) is 0 Å². The third-order valence-electron chi connectivity index (χ3n) is 6.06. The summed E-state index contributed by atoms with van der Waals surface area (Å²) in [6.45, 7) is 7.48. The molecule has 0 unspecified atom stereocenters. The Hall–Kier alpha value is -2.34. The van der Waals surface area contributed by atoms with Gasteiger partial charge in [-0.05, 0) is 93.3 Å². The van der Waals surface area contributed by atoms with Crippen molar-refractivity contribution in [3.05, 3.63) is 64.2 Å². The number of nitrogens with zero attached hydrogens (tertiary/aromatic N) is 1. The van der Waals surface area contributed by atoms with Crippen LogP contribution in [0.25, 0.3) is 0 Å². The number of amides is 1. The van der Waals surface area contributed by atoms with Gasteiger partial charge in [0.15, 0.2) is 0 Å². The molecule has 1 N–H and O–H groups in total. The van der Waals surface area contributed by atoms with Gasteiger partial charge < -0.3 is 5.32 Å². The Morgan fingerprint density at radius 3 is 2.27 bits per heavy atom. The van der Waals surface area contributed by atoms with Gasteiger partial charge in [-0.3, -0.25) is 9.10 Å². The molecule has 30 heavy (non-hydrogen) atoms. The first-order chi connectivity index (χ1) is 14.1. The summed E-state index contributed by atoms with van der Waals surface area (Å²) in [5.41, 5.74) is 6.37. The molecule has 0 spiro atoms. The number of nitrogens with one attached hydrogen (secondary N) is 1. The topological polar surface area (TPSA) is 66.5 Å². The fourth-order valence-corrected chi connectivity index (χ4v) is 5.28. The number of rotatable bonds is 6. The van der Waals surface area contributed by atoms with Crippen molar-refractivity contribution in [1.82, 2.24) is 5.32 Å². The molecule has 5 nitrogen and oxygen atoms in total. The molecular weight excluding hydrogens is 396 g/mol. The van der Waals surface area contributed by atoms with Crippen LogP contribution in [0.3, 0.4) is 0 Å². The van der Waals surface area contributed by atoms with E-state index in [-0.39, 0.29) is 11.9 Å². The molecule has 2 atom stereocenters. The van der Waals surface area contributed by atoms with Crippen molar-refractivity contribution in [1.29, 1.82) is 0 Å². The van der Waals surface area contributed by atoms with Crippen LogP contribution in [-0.2, 0) is 27.7 Å². The molecule has 1 aliphatic rings. The molecule has 2 aromatic rings. The van der Waals surface area contributed by atoms with Crippen molar-refractivity contribution in [2.24, 2.45) is 0 Å². The van der Waals surface area contributed by atoms with E-state index in [9.17, 15) is 13.2 Å². The summed E-state index contributed by atoms with van der Waals surface area (Å²) < 4.78 is 26.3. The van der Waals surface area contributed by atoms with E-state index < -0.39 is 16.1 Å². The zero-order chi connectivity index (χ0) is 22.1. The maximum atomic E-state index is 13.0. The molecule has 1 amide bonds. The molecule has 2 aromatic carbocycles. The van der Waals surface area contributed by atoms with E-state index in [1.165, 1.54) is 28.3 Å². The number of anilines is 1. The first-order valence-corrected chi connectivity index (χ1v) is 12.4. The van der Waals surface area contributed by atoms with Crippen molar-refractivity contribution < 1.29 is 13.2 Å². The lowest BCUT2D eigenvalue weighted by Gasteiger charge is -2.30. The van der Waals surface area contributed by atoms with Gasteiger partial charge in [-0.25, -0.2) is 8.42 Å². The Balaban J connectivity index is 1.80. The second-order valence-electron chi connectivity index (χ2n) is 8.47. The van der Waals surface area contributed by atoms with Gasteiger partial charge in [-0.15, -0.1) is 0 Å². The number of carbonyl (C=O) groups is 1. The summed E-state index contributed by atoms with van der Waals surface area (Å²) in [5.74, 6) is -0.316. The van der Waals surface area contributed by atoms with E-state index in [0.29, 0.717) is 5.69 Å². The van der Waals surface area contributed by atoms with Gasteiger partial charge in [-0.2, -0.15) is 0 Å². The zero-order valence-corrected chi connectivity index (χ0v) is 19.3. The van der Waals surface area contributed by atoms with Crippen LogP contribution in [0.2, 0.25) is 0 Å². The average Bonchev–Trinajstić information content (AvgIpc) is 2.69. The number of benzene rings is 2. The molecule has 0 radical (unpaired) electrons. The highest BCUT2D eigenvalue weighted by atomic mass is 32.2. The zero-order valence-electron chi connectivity index (χ0n) is 18.5. The third-order valence-corrected chi connectivity index (χ3v) is 7.31. The van der Waals surface area contributed by atoms with Crippen LogP contribution in [0.5, 0.6) is 0 Å². The first-order valence-electron chi connectivity index (χ1n) is 10.6. The molecule has 0 aliphatic heterocycles. The van der Waals surface area contributed by atoms with Crippen LogP contribution in [0, 0.1) is 13.8 Å². The van der Waals surface area contributed by atoms with Gasteiger partial charge in [-0.1, -0.05) is 24.3 Å². The summed E-state index contributed by atoms with van der Waals surface area (Å²) in [4.78, 5) is 13.0. The number of hydrogen-bond donors (Lipinski definition) is 1.